The zero-order chi connectivity index (χ0) is 13.3. The second-order valence-corrected chi connectivity index (χ2v) is 4.56. The molecule has 1 heterocycles. The van der Waals surface area contributed by atoms with Crippen molar-refractivity contribution in [1.29, 1.82) is 0 Å². The third-order valence-corrected chi connectivity index (χ3v) is 3.19. The number of hydrogen-bond donors (Lipinski definition) is 1. The number of imidazole rings is 1. The highest BCUT2D eigenvalue weighted by molar-refractivity contribution is 9.10. The Morgan fingerprint density at radius 2 is 2.33 bits per heavy atom. The first kappa shape index (κ1) is 12.8. The molecular weight excluding hydrogens is 305 g/mol. The van der Waals surface area contributed by atoms with Gasteiger partial charge in [-0.15, -0.1) is 0 Å². The van der Waals surface area contributed by atoms with Crippen molar-refractivity contribution in [1.82, 2.24) is 9.55 Å². The van der Waals surface area contributed by atoms with E-state index in [1.807, 2.05) is 0 Å². The molecule has 0 unspecified atom stereocenters. The summed E-state index contributed by atoms with van der Waals surface area (Å²) in [4.78, 5) is 15.2. The average molecular weight is 316 g/mol. The minimum absolute atomic E-state index is 0.182. The van der Waals surface area contributed by atoms with Gasteiger partial charge in [0.1, 0.15) is 5.82 Å². The first-order valence-corrected chi connectivity index (χ1v) is 6.00. The Hall–Kier alpha value is -1.63. The summed E-state index contributed by atoms with van der Waals surface area (Å²) in [6, 6.07) is 2.88. The third kappa shape index (κ3) is 2.31. The van der Waals surface area contributed by atoms with Gasteiger partial charge in [-0.3, -0.25) is 4.79 Å². The molecule has 0 saturated heterocycles. The highest BCUT2D eigenvalue weighted by Crippen LogP contribution is 2.25. The number of hydrogen-bond acceptors (Lipinski definition) is 4. The number of rotatable bonds is 3. The number of halogens is 2. The number of esters is 1. The van der Waals surface area contributed by atoms with Gasteiger partial charge in [0, 0.05) is 12.6 Å². The van der Waals surface area contributed by atoms with E-state index in [-0.39, 0.29) is 18.3 Å². The van der Waals surface area contributed by atoms with Crippen molar-refractivity contribution in [3.05, 3.63) is 22.4 Å². The number of nitrogen functional groups attached to an aromatic ring is 1. The van der Waals surface area contributed by atoms with Gasteiger partial charge in [0.2, 0.25) is 5.95 Å². The first-order valence-electron chi connectivity index (χ1n) is 5.20. The lowest BCUT2D eigenvalue weighted by molar-refractivity contribution is -0.140. The Morgan fingerprint density at radius 3 is 3.00 bits per heavy atom. The minimum Gasteiger partial charge on any atom is -0.469 e. The van der Waals surface area contributed by atoms with Gasteiger partial charge in [0.25, 0.3) is 0 Å². The number of nitrogens with zero attached hydrogens (tertiary/aromatic N) is 2. The fourth-order valence-electron chi connectivity index (χ4n) is 1.68. The largest absolute Gasteiger partial charge is 0.469 e. The van der Waals surface area contributed by atoms with Crippen molar-refractivity contribution in [2.24, 2.45) is 0 Å². The number of aryl methyl sites for hydroxylation is 1. The van der Waals surface area contributed by atoms with Crippen LogP contribution in [0.25, 0.3) is 11.0 Å². The average Bonchev–Trinajstić information content (AvgIpc) is 2.62. The van der Waals surface area contributed by atoms with E-state index in [1.54, 1.807) is 10.6 Å². The molecule has 0 bridgehead atoms. The summed E-state index contributed by atoms with van der Waals surface area (Å²) >= 11 is 3.10. The third-order valence-electron chi connectivity index (χ3n) is 2.59. The molecule has 0 radical (unpaired) electrons. The van der Waals surface area contributed by atoms with Gasteiger partial charge in [-0.05, 0) is 22.0 Å². The Kier molecular flexibility index (Phi) is 3.51. The Morgan fingerprint density at radius 1 is 1.61 bits per heavy atom. The standard InChI is InChI=1S/C11H11BrFN3O2/c1-18-10(17)2-3-16-9-4-6(12)7(13)5-8(9)15-11(16)14/h4-5H,2-3H2,1H3,(H2,14,15). The number of methoxy groups -OCH3 is 1. The van der Waals surface area contributed by atoms with E-state index < -0.39 is 5.82 Å². The predicted octanol–water partition coefficient (Wildman–Crippen LogP) is 2.08. The number of fused-ring (bicyclic) bond motifs is 1. The zero-order valence-corrected chi connectivity index (χ0v) is 11.2. The highest BCUT2D eigenvalue weighted by Gasteiger charge is 2.12. The molecule has 0 fully saturated rings. The lowest BCUT2D eigenvalue weighted by Crippen LogP contribution is -2.09. The van der Waals surface area contributed by atoms with E-state index in [0.717, 1.165) is 0 Å². The van der Waals surface area contributed by atoms with Crippen LogP contribution in [0.3, 0.4) is 0 Å². The summed E-state index contributed by atoms with van der Waals surface area (Å²) in [5.74, 6) is -0.496. The number of carbonyl (C=O) groups is 1. The second kappa shape index (κ2) is 4.93. The summed E-state index contributed by atoms with van der Waals surface area (Å²) in [5.41, 5.74) is 6.87. The Balaban J connectivity index is 2.40. The highest BCUT2D eigenvalue weighted by atomic mass is 79.9. The van der Waals surface area contributed by atoms with Gasteiger partial charge in [-0.1, -0.05) is 0 Å². The smallest absolute Gasteiger partial charge is 0.307 e. The maximum Gasteiger partial charge on any atom is 0.307 e. The summed E-state index contributed by atoms with van der Waals surface area (Å²) < 4.78 is 19.9. The van der Waals surface area contributed by atoms with Crippen LogP contribution in [0.15, 0.2) is 16.6 Å². The maximum absolute atomic E-state index is 13.3. The van der Waals surface area contributed by atoms with Crippen molar-refractivity contribution in [2.45, 2.75) is 13.0 Å². The van der Waals surface area contributed by atoms with Crippen molar-refractivity contribution in [3.8, 4) is 0 Å². The van der Waals surface area contributed by atoms with Crippen LogP contribution in [-0.2, 0) is 16.1 Å². The van der Waals surface area contributed by atoms with Gasteiger partial charge in [-0.2, -0.15) is 0 Å². The number of nitrogens with two attached hydrogens (primary N) is 1. The molecule has 0 aliphatic rings. The molecule has 7 heteroatoms. The number of benzene rings is 1. The summed E-state index contributed by atoms with van der Waals surface area (Å²) in [6.07, 6.45) is 0.182. The molecule has 18 heavy (non-hydrogen) atoms. The van der Waals surface area contributed by atoms with Crippen molar-refractivity contribution >= 4 is 38.9 Å². The molecule has 0 aliphatic carbocycles. The molecule has 1 aromatic heterocycles. The maximum atomic E-state index is 13.3. The van der Waals surface area contributed by atoms with E-state index in [0.29, 0.717) is 22.1 Å². The normalized spacial score (nSPS) is 10.8. The summed E-state index contributed by atoms with van der Waals surface area (Å²) in [5, 5.41) is 0. The first-order chi connectivity index (χ1) is 8.52. The van der Waals surface area contributed by atoms with E-state index >= 15 is 0 Å². The van der Waals surface area contributed by atoms with E-state index in [4.69, 9.17) is 5.73 Å². The molecule has 0 amide bonds. The molecule has 0 aliphatic heterocycles. The van der Waals surface area contributed by atoms with Gasteiger partial charge in [0.05, 0.1) is 29.0 Å². The van der Waals surface area contributed by atoms with E-state index in [1.165, 1.54) is 13.2 Å². The lowest BCUT2D eigenvalue weighted by Gasteiger charge is -2.05. The molecular formula is C11H11BrFN3O2. The van der Waals surface area contributed by atoms with Crippen molar-refractivity contribution in [2.75, 3.05) is 12.8 Å². The lowest BCUT2D eigenvalue weighted by atomic mass is 10.3. The predicted molar refractivity (Wildman–Crippen MR) is 68.4 cm³/mol. The number of aromatic nitrogens is 2. The van der Waals surface area contributed by atoms with Gasteiger partial charge in [0.15, 0.2) is 0 Å². The van der Waals surface area contributed by atoms with Gasteiger partial charge >= 0.3 is 5.97 Å². The monoisotopic (exact) mass is 315 g/mol. The van der Waals surface area contributed by atoms with E-state index in [2.05, 4.69) is 25.7 Å². The molecule has 1 aromatic carbocycles. The topological polar surface area (TPSA) is 70.1 Å². The zero-order valence-electron chi connectivity index (χ0n) is 9.61. The fourth-order valence-corrected chi connectivity index (χ4v) is 2.01. The molecule has 96 valence electrons. The fraction of sp³-hybridized carbons (Fsp3) is 0.273. The van der Waals surface area contributed by atoms with Crippen LogP contribution >= 0.6 is 15.9 Å². The van der Waals surface area contributed by atoms with Gasteiger partial charge < -0.3 is 15.0 Å². The second-order valence-electron chi connectivity index (χ2n) is 3.70. The number of carbonyl (C=O) groups excluding carboxylic acids is 1. The Labute approximate surface area is 111 Å². The van der Waals surface area contributed by atoms with Crippen LogP contribution in [0.2, 0.25) is 0 Å². The van der Waals surface area contributed by atoms with Crippen molar-refractivity contribution < 1.29 is 13.9 Å². The quantitative estimate of drug-likeness (QED) is 0.880. The molecule has 2 rings (SSSR count). The number of anilines is 1. The van der Waals surface area contributed by atoms with Gasteiger partial charge in [-0.25, -0.2) is 9.37 Å². The van der Waals surface area contributed by atoms with Crippen LogP contribution in [0.1, 0.15) is 6.42 Å². The Bertz CT molecular complexity index is 612. The molecule has 0 saturated carbocycles. The molecule has 2 N–H and O–H groups in total. The molecule has 2 aromatic rings. The van der Waals surface area contributed by atoms with E-state index in [9.17, 15) is 9.18 Å². The minimum atomic E-state index is -0.403. The SMILES string of the molecule is COC(=O)CCn1c(N)nc2cc(F)c(Br)cc21. The van der Waals surface area contributed by atoms with Crippen LogP contribution in [-0.4, -0.2) is 22.6 Å². The van der Waals surface area contributed by atoms with Crippen LogP contribution in [0.5, 0.6) is 0 Å². The van der Waals surface area contributed by atoms with Crippen LogP contribution < -0.4 is 5.73 Å². The summed E-state index contributed by atoms with van der Waals surface area (Å²) in [6.45, 7) is 0.340. The summed E-state index contributed by atoms with van der Waals surface area (Å²) in [7, 11) is 1.32. The number of ether oxygens (including phenoxy) is 1. The molecule has 0 atom stereocenters. The van der Waals surface area contributed by atoms with Crippen molar-refractivity contribution in [3.63, 3.8) is 0 Å². The van der Waals surface area contributed by atoms with Crippen LogP contribution in [0, 0.1) is 5.82 Å². The molecule has 0 spiro atoms. The molecule has 5 nitrogen and oxygen atoms in total. The van der Waals surface area contributed by atoms with Crippen LogP contribution in [0.4, 0.5) is 10.3 Å².